The SMILES string of the molecule is CCCCC1COC(c2ccc(C(=O)OC(C)C(C)OC(=O)CCC)cc2)OC1. The normalized spacial score (nSPS) is 21.2. The summed E-state index contributed by atoms with van der Waals surface area (Å²) in [6.07, 6.45) is 3.14. The molecule has 1 heterocycles. The molecule has 0 saturated carbocycles. The molecule has 2 unspecified atom stereocenters. The maximum absolute atomic E-state index is 12.4. The molecule has 1 aliphatic rings. The second-order valence-electron chi connectivity index (χ2n) is 7.68. The predicted octanol–water partition coefficient (Wildman–Crippen LogP) is 4.82. The average molecular weight is 407 g/mol. The van der Waals surface area contributed by atoms with Crippen LogP contribution in [0.25, 0.3) is 0 Å². The van der Waals surface area contributed by atoms with Crippen LogP contribution in [0.4, 0.5) is 0 Å². The quantitative estimate of drug-likeness (QED) is 0.519. The topological polar surface area (TPSA) is 71.1 Å². The molecule has 1 fully saturated rings. The van der Waals surface area contributed by atoms with Gasteiger partial charge in [-0.3, -0.25) is 4.79 Å². The fourth-order valence-corrected chi connectivity index (χ4v) is 3.07. The molecule has 2 rings (SSSR count). The van der Waals surface area contributed by atoms with E-state index >= 15 is 0 Å². The standard InChI is InChI=1S/C23H34O6/c1-5-7-9-18-14-26-23(27-15-18)20-12-10-19(11-13-20)22(25)29-17(4)16(3)28-21(24)8-6-2/h10-13,16-18,23H,5-9,14-15H2,1-4H3. The highest BCUT2D eigenvalue weighted by Crippen LogP contribution is 2.27. The van der Waals surface area contributed by atoms with Crippen LogP contribution in [0, 0.1) is 5.92 Å². The monoisotopic (exact) mass is 406 g/mol. The molecule has 1 aliphatic heterocycles. The summed E-state index contributed by atoms with van der Waals surface area (Å²) >= 11 is 0. The van der Waals surface area contributed by atoms with Crippen LogP contribution in [0.5, 0.6) is 0 Å². The van der Waals surface area contributed by atoms with Crippen molar-refractivity contribution in [2.75, 3.05) is 13.2 Å². The molecule has 6 nitrogen and oxygen atoms in total. The van der Waals surface area contributed by atoms with Crippen molar-refractivity contribution in [3.63, 3.8) is 0 Å². The minimum Gasteiger partial charge on any atom is -0.459 e. The molecule has 0 radical (unpaired) electrons. The Labute approximate surface area is 173 Å². The highest BCUT2D eigenvalue weighted by atomic mass is 16.7. The Morgan fingerprint density at radius 1 is 1.00 bits per heavy atom. The van der Waals surface area contributed by atoms with Crippen LogP contribution >= 0.6 is 0 Å². The summed E-state index contributed by atoms with van der Waals surface area (Å²) in [7, 11) is 0. The molecule has 6 heteroatoms. The van der Waals surface area contributed by atoms with E-state index in [0.29, 0.717) is 31.1 Å². The zero-order chi connectivity index (χ0) is 21.2. The fourth-order valence-electron chi connectivity index (χ4n) is 3.07. The first-order valence-corrected chi connectivity index (χ1v) is 10.7. The lowest BCUT2D eigenvalue weighted by Crippen LogP contribution is -2.30. The lowest BCUT2D eigenvalue weighted by atomic mass is 10.0. The van der Waals surface area contributed by atoms with Gasteiger partial charge in [-0.1, -0.05) is 38.8 Å². The number of rotatable bonds is 10. The Bertz CT molecular complexity index is 633. The first-order valence-electron chi connectivity index (χ1n) is 10.7. The minimum atomic E-state index is -0.534. The zero-order valence-corrected chi connectivity index (χ0v) is 18.0. The van der Waals surface area contributed by atoms with E-state index in [1.54, 1.807) is 26.0 Å². The van der Waals surface area contributed by atoms with Gasteiger partial charge in [-0.2, -0.15) is 0 Å². The molecule has 0 spiro atoms. The highest BCUT2D eigenvalue weighted by molar-refractivity contribution is 5.89. The molecular weight excluding hydrogens is 372 g/mol. The molecule has 2 atom stereocenters. The first kappa shape index (κ1) is 23.4. The summed E-state index contributed by atoms with van der Waals surface area (Å²) in [4.78, 5) is 24.0. The van der Waals surface area contributed by atoms with Gasteiger partial charge in [0.25, 0.3) is 0 Å². The fraction of sp³-hybridized carbons (Fsp3) is 0.652. The molecular formula is C23H34O6. The first-order chi connectivity index (χ1) is 13.9. The molecule has 0 N–H and O–H groups in total. The van der Waals surface area contributed by atoms with Gasteiger partial charge in [-0.05, 0) is 38.8 Å². The van der Waals surface area contributed by atoms with Gasteiger partial charge >= 0.3 is 11.9 Å². The van der Waals surface area contributed by atoms with Crippen LogP contribution < -0.4 is 0 Å². The van der Waals surface area contributed by atoms with Gasteiger partial charge in [0, 0.05) is 17.9 Å². The lowest BCUT2D eigenvalue weighted by molar-refractivity contribution is -0.206. The van der Waals surface area contributed by atoms with Crippen molar-refractivity contribution in [1.29, 1.82) is 0 Å². The third-order valence-corrected chi connectivity index (χ3v) is 5.08. The molecule has 0 aromatic heterocycles. The largest absolute Gasteiger partial charge is 0.459 e. The van der Waals surface area contributed by atoms with E-state index < -0.39 is 24.5 Å². The van der Waals surface area contributed by atoms with Crippen LogP contribution in [0.2, 0.25) is 0 Å². The molecule has 0 aliphatic carbocycles. The molecule has 162 valence electrons. The van der Waals surface area contributed by atoms with Gasteiger partial charge in [0.15, 0.2) is 6.29 Å². The van der Waals surface area contributed by atoms with Crippen LogP contribution in [0.1, 0.15) is 82.0 Å². The third-order valence-electron chi connectivity index (χ3n) is 5.08. The Kier molecular flexibility index (Phi) is 9.61. The van der Waals surface area contributed by atoms with E-state index in [9.17, 15) is 9.59 Å². The highest BCUT2D eigenvalue weighted by Gasteiger charge is 2.24. The van der Waals surface area contributed by atoms with Gasteiger partial charge in [0.1, 0.15) is 12.2 Å². The van der Waals surface area contributed by atoms with Crippen molar-refractivity contribution in [3.05, 3.63) is 35.4 Å². The molecule has 1 aromatic rings. The van der Waals surface area contributed by atoms with Crippen molar-refractivity contribution in [1.82, 2.24) is 0 Å². The molecule has 1 aromatic carbocycles. The number of esters is 2. The van der Waals surface area contributed by atoms with Crippen LogP contribution in [-0.4, -0.2) is 37.4 Å². The number of carbonyl (C=O) groups excluding carboxylic acids is 2. The summed E-state index contributed by atoms with van der Waals surface area (Å²) in [5.74, 6) is -0.278. The number of carbonyl (C=O) groups is 2. The summed E-state index contributed by atoms with van der Waals surface area (Å²) in [6, 6.07) is 7.05. The Morgan fingerprint density at radius 2 is 1.62 bits per heavy atom. The predicted molar refractivity (Wildman–Crippen MR) is 109 cm³/mol. The van der Waals surface area contributed by atoms with Gasteiger partial charge in [0.05, 0.1) is 18.8 Å². The van der Waals surface area contributed by atoms with E-state index in [0.717, 1.165) is 18.4 Å². The zero-order valence-electron chi connectivity index (χ0n) is 18.0. The van der Waals surface area contributed by atoms with Crippen molar-refractivity contribution in [3.8, 4) is 0 Å². The number of hydrogen-bond acceptors (Lipinski definition) is 6. The smallest absolute Gasteiger partial charge is 0.338 e. The summed E-state index contributed by atoms with van der Waals surface area (Å²) in [5, 5.41) is 0. The van der Waals surface area contributed by atoms with Gasteiger partial charge in [-0.25, -0.2) is 4.79 Å². The Balaban J connectivity index is 1.83. The van der Waals surface area contributed by atoms with E-state index in [2.05, 4.69) is 6.92 Å². The number of unbranched alkanes of at least 4 members (excludes halogenated alkanes) is 1. The second kappa shape index (κ2) is 11.9. The number of hydrogen-bond donors (Lipinski definition) is 0. The van der Waals surface area contributed by atoms with Crippen molar-refractivity contribution >= 4 is 11.9 Å². The van der Waals surface area contributed by atoms with Gasteiger partial charge in [0.2, 0.25) is 0 Å². The number of benzene rings is 1. The van der Waals surface area contributed by atoms with Crippen molar-refractivity contribution in [2.24, 2.45) is 5.92 Å². The van der Waals surface area contributed by atoms with Crippen molar-refractivity contribution < 1.29 is 28.5 Å². The van der Waals surface area contributed by atoms with Crippen molar-refractivity contribution in [2.45, 2.75) is 78.3 Å². The van der Waals surface area contributed by atoms with Crippen LogP contribution in [0.3, 0.4) is 0 Å². The van der Waals surface area contributed by atoms with E-state index in [1.807, 2.05) is 19.1 Å². The maximum atomic E-state index is 12.4. The van der Waals surface area contributed by atoms with Crippen LogP contribution in [-0.2, 0) is 23.7 Å². The molecule has 0 amide bonds. The molecule has 29 heavy (non-hydrogen) atoms. The third kappa shape index (κ3) is 7.44. The Hall–Kier alpha value is -1.92. The summed E-state index contributed by atoms with van der Waals surface area (Å²) in [5.41, 5.74) is 1.31. The van der Waals surface area contributed by atoms with E-state index in [4.69, 9.17) is 18.9 Å². The van der Waals surface area contributed by atoms with E-state index in [1.165, 1.54) is 12.8 Å². The van der Waals surface area contributed by atoms with Gasteiger partial charge < -0.3 is 18.9 Å². The average Bonchev–Trinajstić information content (AvgIpc) is 2.72. The lowest BCUT2D eigenvalue weighted by Gasteiger charge is -2.29. The van der Waals surface area contributed by atoms with Gasteiger partial charge in [-0.15, -0.1) is 0 Å². The summed E-state index contributed by atoms with van der Waals surface area (Å²) in [6.45, 7) is 8.92. The maximum Gasteiger partial charge on any atom is 0.338 e. The van der Waals surface area contributed by atoms with E-state index in [-0.39, 0.29) is 5.97 Å². The summed E-state index contributed by atoms with van der Waals surface area (Å²) < 4.78 is 22.4. The minimum absolute atomic E-state index is 0.281. The van der Waals surface area contributed by atoms with Crippen LogP contribution in [0.15, 0.2) is 24.3 Å². The molecule has 0 bridgehead atoms. The molecule has 1 saturated heterocycles. The Morgan fingerprint density at radius 3 is 2.21 bits per heavy atom. The second-order valence-corrected chi connectivity index (χ2v) is 7.68. The number of ether oxygens (including phenoxy) is 4.